The first kappa shape index (κ1) is 14.2. The van der Waals surface area contributed by atoms with Crippen LogP contribution in [0, 0.1) is 5.92 Å². The largest absolute Gasteiger partial charge is 0.383 e. The molecule has 1 atom stereocenters. The predicted octanol–water partition coefficient (Wildman–Crippen LogP) is 1.08. The van der Waals surface area contributed by atoms with Crippen molar-refractivity contribution in [2.24, 2.45) is 5.92 Å². The molecule has 0 bridgehead atoms. The van der Waals surface area contributed by atoms with Gasteiger partial charge in [0.25, 0.3) is 0 Å². The number of allylic oxidation sites excluding steroid dienone is 2. The summed E-state index contributed by atoms with van der Waals surface area (Å²) in [6.45, 7) is 2.96. The summed E-state index contributed by atoms with van der Waals surface area (Å²) in [6, 6.07) is 0. The van der Waals surface area contributed by atoms with Gasteiger partial charge in [0.2, 0.25) is 5.91 Å². The number of nitrogens with one attached hydrogen (secondary N) is 2. The average molecular weight is 240 g/mol. The van der Waals surface area contributed by atoms with E-state index >= 15 is 0 Å². The van der Waals surface area contributed by atoms with Gasteiger partial charge in [-0.15, -0.1) is 0 Å². The Hall–Kier alpha value is -0.870. The normalized spacial score (nSPS) is 19.2. The van der Waals surface area contributed by atoms with E-state index < -0.39 is 0 Å². The summed E-state index contributed by atoms with van der Waals surface area (Å²) in [5, 5.41) is 6.16. The molecule has 1 aliphatic carbocycles. The Bertz CT molecular complexity index is 242. The van der Waals surface area contributed by atoms with Crippen LogP contribution in [0.15, 0.2) is 12.2 Å². The Kier molecular flexibility index (Phi) is 7.67. The summed E-state index contributed by atoms with van der Waals surface area (Å²) < 4.78 is 4.86. The van der Waals surface area contributed by atoms with Crippen LogP contribution in [0.1, 0.15) is 25.7 Å². The van der Waals surface area contributed by atoms with E-state index in [1.54, 1.807) is 7.11 Å². The molecular weight excluding hydrogens is 216 g/mol. The topological polar surface area (TPSA) is 50.4 Å². The van der Waals surface area contributed by atoms with Crippen molar-refractivity contribution in [2.45, 2.75) is 25.7 Å². The summed E-state index contributed by atoms with van der Waals surface area (Å²) >= 11 is 0. The standard InChI is InChI=1S/C13H24N2O2/c1-17-10-9-15-13(16)7-8-14-11-12-5-3-2-4-6-12/h2-3,12,14H,4-11H2,1H3,(H,15,16). The van der Waals surface area contributed by atoms with Crippen LogP contribution in [0.5, 0.6) is 0 Å². The molecule has 0 radical (unpaired) electrons. The van der Waals surface area contributed by atoms with Crippen LogP contribution in [0.3, 0.4) is 0 Å². The quantitative estimate of drug-likeness (QED) is 0.493. The van der Waals surface area contributed by atoms with Gasteiger partial charge in [0.15, 0.2) is 0 Å². The van der Waals surface area contributed by atoms with E-state index in [2.05, 4.69) is 22.8 Å². The number of amides is 1. The van der Waals surface area contributed by atoms with Gasteiger partial charge in [0, 0.05) is 26.6 Å². The number of ether oxygens (including phenoxy) is 1. The molecule has 0 aromatic carbocycles. The minimum Gasteiger partial charge on any atom is -0.383 e. The van der Waals surface area contributed by atoms with Crippen molar-refractivity contribution in [3.63, 3.8) is 0 Å². The molecule has 0 saturated heterocycles. The van der Waals surface area contributed by atoms with Crippen molar-refractivity contribution < 1.29 is 9.53 Å². The highest BCUT2D eigenvalue weighted by Crippen LogP contribution is 2.16. The third-order valence-corrected chi connectivity index (χ3v) is 2.97. The van der Waals surface area contributed by atoms with Crippen molar-refractivity contribution in [1.82, 2.24) is 10.6 Å². The molecule has 1 aliphatic rings. The van der Waals surface area contributed by atoms with Crippen LogP contribution in [0.4, 0.5) is 0 Å². The molecule has 4 heteroatoms. The molecule has 0 aliphatic heterocycles. The minimum atomic E-state index is 0.0955. The smallest absolute Gasteiger partial charge is 0.221 e. The van der Waals surface area contributed by atoms with Crippen LogP contribution in [0.25, 0.3) is 0 Å². The first-order valence-corrected chi connectivity index (χ1v) is 6.44. The summed E-state index contributed by atoms with van der Waals surface area (Å²) in [5.74, 6) is 0.842. The molecule has 0 aromatic heterocycles. The Morgan fingerprint density at radius 2 is 2.29 bits per heavy atom. The maximum atomic E-state index is 11.4. The molecule has 2 N–H and O–H groups in total. The van der Waals surface area contributed by atoms with Crippen LogP contribution in [-0.2, 0) is 9.53 Å². The highest BCUT2D eigenvalue weighted by atomic mass is 16.5. The second-order valence-electron chi connectivity index (χ2n) is 4.45. The zero-order chi connectivity index (χ0) is 12.3. The lowest BCUT2D eigenvalue weighted by Gasteiger charge is -2.17. The number of rotatable bonds is 8. The van der Waals surface area contributed by atoms with E-state index in [0.29, 0.717) is 19.6 Å². The summed E-state index contributed by atoms with van der Waals surface area (Å²) in [6.07, 6.45) is 8.69. The monoisotopic (exact) mass is 240 g/mol. The average Bonchev–Trinajstić information content (AvgIpc) is 2.36. The van der Waals surface area contributed by atoms with Gasteiger partial charge >= 0.3 is 0 Å². The molecule has 0 heterocycles. The van der Waals surface area contributed by atoms with Crippen LogP contribution in [-0.4, -0.2) is 39.3 Å². The van der Waals surface area contributed by atoms with Crippen molar-refractivity contribution in [3.05, 3.63) is 12.2 Å². The van der Waals surface area contributed by atoms with Gasteiger partial charge in [-0.1, -0.05) is 12.2 Å². The summed E-state index contributed by atoms with van der Waals surface area (Å²) in [7, 11) is 1.63. The fraction of sp³-hybridized carbons (Fsp3) is 0.769. The Labute approximate surface area is 104 Å². The molecule has 0 fully saturated rings. The SMILES string of the molecule is COCCNC(=O)CCNCC1CC=CCC1. The van der Waals surface area contributed by atoms with Crippen molar-refractivity contribution in [1.29, 1.82) is 0 Å². The lowest BCUT2D eigenvalue weighted by Crippen LogP contribution is -2.31. The second kappa shape index (κ2) is 9.19. The van der Waals surface area contributed by atoms with Crippen molar-refractivity contribution in [3.8, 4) is 0 Å². The van der Waals surface area contributed by atoms with E-state index in [1.807, 2.05) is 0 Å². The second-order valence-corrected chi connectivity index (χ2v) is 4.45. The fourth-order valence-corrected chi connectivity index (χ4v) is 1.93. The first-order valence-electron chi connectivity index (χ1n) is 6.44. The Balaban J connectivity index is 1.92. The lowest BCUT2D eigenvalue weighted by molar-refractivity contribution is -0.121. The number of carbonyl (C=O) groups is 1. The molecule has 1 rings (SSSR count). The van der Waals surface area contributed by atoms with E-state index in [1.165, 1.54) is 19.3 Å². The van der Waals surface area contributed by atoms with E-state index in [0.717, 1.165) is 19.0 Å². The number of hydrogen-bond acceptors (Lipinski definition) is 3. The molecule has 1 unspecified atom stereocenters. The zero-order valence-corrected chi connectivity index (χ0v) is 10.7. The highest BCUT2D eigenvalue weighted by molar-refractivity contribution is 5.75. The van der Waals surface area contributed by atoms with Crippen LogP contribution >= 0.6 is 0 Å². The van der Waals surface area contributed by atoms with Crippen LogP contribution < -0.4 is 10.6 Å². The first-order chi connectivity index (χ1) is 8.33. The maximum Gasteiger partial charge on any atom is 0.221 e. The van der Waals surface area contributed by atoms with Gasteiger partial charge in [-0.2, -0.15) is 0 Å². The maximum absolute atomic E-state index is 11.4. The third kappa shape index (κ3) is 7.13. The predicted molar refractivity (Wildman–Crippen MR) is 68.9 cm³/mol. The molecule has 17 heavy (non-hydrogen) atoms. The van der Waals surface area contributed by atoms with Gasteiger partial charge in [-0.05, 0) is 31.7 Å². The van der Waals surface area contributed by atoms with Gasteiger partial charge in [0.1, 0.15) is 0 Å². The Morgan fingerprint density at radius 1 is 1.41 bits per heavy atom. The molecular formula is C13H24N2O2. The molecule has 4 nitrogen and oxygen atoms in total. The van der Waals surface area contributed by atoms with Crippen LogP contribution in [0.2, 0.25) is 0 Å². The zero-order valence-electron chi connectivity index (χ0n) is 10.7. The number of carbonyl (C=O) groups excluding carboxylic acids is 1. The van der Waals surface area contributed by atoms with Crippen molar-refractivity contribution >= 4 is 5.91 Å². The van der Waals surface area contributed by atoms with Gasteiger partial charge < -0.3 is 15.4 Å². The highest BCUT2D eigenvalue weighted by Gasteiger charge is 2.09. The molecule has 0 spiro atoms. The van der Waals surface area contributed by atoms with Gasteiger partial charge in [0.05, 0.1) is 6.61 Å². The van der Waals surface area contributed by atoms with Gasteiger partial charge in [-0.25, -0.2) is 0 Å². The van der Waals surface area contributed by atoms with Gasteiger partial charge in [-0.3, -0.25) is 4.79 Å². The number of hydrogen-bond donors (Lipinski definition) is 2. The van der Waals surface area contributed by atoms with E-state index in [9.17, 15) is 4.79 Å². The lowest BCUT2D eigenvalue weighted by atomic mass is 9.94. The minimum absolute atomic E-state index is 0.0955. The fourth-order valence-electron chi connectivity index (χ4n) is 1.93. The Morgan fingerprint density at radius 3 is 3.00 bits per heavy atom. The van der Waals surface area contributed by atoms with E-state index in [-0.39, 0.29) is 5.91 Å². The summed E-state index contributed by atoms with van der Waals surface area (Å²) in [5.41, 5.74) is 0. The summed E-state index contributed by atoms with van der Waals surface area (Å²) in [4.78, 5) is 11.4. The molecule has 0 aromatic rings. The van der Waals surface area contributed by atoms with Crippen molar-refractivity contribution in [2.75, 3.05) is 33.4 Å². The molecule has 0 saturated carbocycles. The number of methoxy groups -OCH3 is 1. The molecule has 98 valence electrons. The van der Waals surface area contributed by atoms with E-state index in [4.69, 9.17) is 4.74 Å². The third-order valence-electron chi connectivity index (χ3n) is 2.97. The molecule has 1 amide bonds.